The van der Waals surface area contributed by atoms with Crippen LogP contribution in [0.3, 0.4) is 0 Å². The molecule has 0 spiro atoms. The molecule has 1 aliphatic rings. The Balaban J connectivity index is 1.59. The fourth-order valence-electron chi connectivity index (χ4n) is 3.58. The molecule has 0 amide bonds. The number of carbonyl (C=O) groups excluding carboxylic acids is 1. The number of fused-ring (bicyclic) bond motifs is 1. The molecule has 0 aliphatic carbocycles. The van der Waals surface area contributed by atoms with E-state index in [1.54, 1.807) is 0 Å². The summed E-state index contributed by atoms with van der Waals surface area (Å²) in [6, 6.07) is 4.30. The van der Waals surface area contributed by atoms with E-state index < -0.39 is 0 Å². The van der Waals surface area contributed by atoms with Crippen LogP contribution < -0.4 is 4.90 Å². The maximum absolute atomic E-state index is 12.3. The van der Waals surface area contributed by atoms with Gasteiger partial charge in [-0.2, -0.15) is 0 Å². The largest absolute Gasteiger partial charge is 0.462 e. The first-order chi connectivity index (χ1) is 13.6. The second-order valence-electron chi connectivity index (χ2n) is 6.89. The molecular formula is C20H24N4O2S2. The number of piperazine rings is 1. The molecule has 6 nitrogen and oxygen atoms in total. The van der Waals surface area contributed by atoms with Crippen molar-refractivity contribution in [2.45, 2.75) is 27.3 Å². The van der Waals surface area contributed by atoms with Gasteiger partial charge in [-0.25, -0.2) is 14.8 Å². The Hall–Kier alpha value is -2.03. The lowest BCUT2D eigenvalue weighted by Crippen LogP contribution is -2.46. The summed E-state index contributed by atoms with van der Waals surface area (Å²) >= 11 is 3.22. The molecule has 0 radical (unpaired) electrons. The van der Waals surface area contributed by atoms with Crippen molar-refractivity contribution < 1.29 is 9.53 Å². The van der Waals surface area contributed by atoms with E-state index in [0.29, 0.717) is 11.5 Å². The minimum absolute atomic E-state index is 0.271. The third-order valence-corrected chi connectivity index (χ3v) is 7.00. The van der Waals surface area contributed by atoms with Gasteiger partial charge in [-0.1, -0.05) is 6.07 Å². The van der Waals surface area contributed by atoms with Crippen molar-refractivity contribution in [1.82, 2.24) is 14.9 Å². The number of esters is 1. The molecule has 28 heavy (non-hydrogen) atoms. The highest BCUT2D eigenvalue weighted by Gasteiger charge is 2.25. The maximum atomic E-state index is 12.3. The van der Waals surface area contributed by atoms with Crippen molar-refractivity contribution >= 4 is 44.7 Å². The number of rotatable bonds is 5. The first kappa shape index (κ1) is 19.3. The van der Waals surface area contributed by atoms with Crippen LogP contribution in [-0.2, 0) is 11.3 Å². The highest BCUT2D eigenvalue weighted by molar-refractivity contribution is 7.20. The third-order valence-electron chi connectivity index (χ3n) is 4.98. The molecule has 1 fully saturated rings. The van der Waals surface area contributed by atoms with E-state index in [9.17, 15) is 4.79 Å². The second-order valence-corrected chi connectivity index (χ2v) is 8.93. The molecule has 1 aliphatic heterocycles. The third kappa shape index (κ3) is 3.76. The lowest BCUT2D eigenvalue weighted by atomic mass is 10.1. The van der Waals surface area contributed by atoms with Crippen molar-refractivity contribution in [3.8, 4) is 0 Å². The molecule has 1 saturated heterocycles. The van der Waals surface area contributed by atoms with Gasteiger partial charge in [0, 0.05) is 37.6 Å². The Morgan fingerprint density at radius 3 is 2.68 bits per heavy atom. The summed E-state index contributed by atoms with van der Waals surface area (Å²) in [5.41, 5.74) is 0.925. The standard InChI is InChI=1S/C20H24N4O2S2/c1-4-26-20(25)17-13(2)16-18(21-14(3)22-19(16)28-17)24-9-7-23(8-10-24)12-15-6-5-11-27-15/h5-6,11H,4,7-10,12H2,1-3H3. The van der Waals surface area contributed by atoms with Crippen molar-refractivity contribution in [2.24, 2.45) is 0 Å². The lowest BCUT2D eigenvalue weighted by Gasteiger charge is -2.35. The number of thiophene rings is 2. The van der Waals surface area contributed by atoms with Gasteiger partial charge in [0.25, 0.3) is 0 Å². The summed E-state index contributed by atoms with van der Waals surface area (Å²) in [5, 5.41) is 3.12. The van der Waals surface area contributed by atoms with Gasteiger partial charge in [0.2, 0.25) is 0 Å². The van der Waals surface area contributed by atoms with Crippen molar-refractivity contribution in [3.63, 3.8) is 0 Å². The quantitative estimate of drug-likeness (QED) is 0.589. The molecular weight excluding hydrogens is 392 g/mol. The van der Waals surface area contributed by atoms with Crippen LogP contribution in [-0.4, -0.2) is 53.6 Å². The number of nitrogens with zero attached hydrogens (tertiary/aromatic N) is 4. The van der Waals surface area contributed by atoms with Crippen LogP contribution >= 0.6 is 22.7 Å². The second kappa shape index (κ2) is 8.14. The highest BCUT2D eigenvalue weighted by atomic mass is 32.1. The molecule has 0 unspecified atom stereocenters. The van der Waals surface area contributed by atoms with Gasteiger partial charge in [0.05, 0.1) is 12.0 Å². The van der Waals surface area contributed by atoms with Crippen LogP contribution in [0.4, 0.5) is 5.82 Å². The van der Waals surface area contributed by atoms with E-state index in [-0.39, 0.29) is 5.97 Å². The van der Waals surface area contributed by atoms with Gasteiger partial charge in [0.1, 0.15) is 21.3 Å². The fraction of sp³-hybridized carbons (Fsp3) is 0.450. The average Bonchev–Trinajstić information content (AvgIpc) is 3.30. The van der Waals surface area contributed by atoms with E-state index in [1.807, 2.05) is 32.1 Å². The van der Waals surface area contributed by atoms with Crippen LogP contribution in [0, 0.1) is 13.8 Å². The molecule has 0 atom stereocenters. The zero-order valence-corrected chi connectivity index (χ0v) is 18.0. The van der Waals surface area contributed by atoms with E-state index >= 15 is 0 Å². The normalized spacial score (nSPS) is 15.3. The summed E-state index contributed by atoms with van der Waals surface area (Å²) in [4.78, 5) is 29.4. The van der Waals surface area contributed by atoms with E-state index in [0.717, 1.165) is 60.1 Å². The number of hydrogen-bond acceptors (Lipinski definition) is 8. The van der Waals surface area contributed by atoms with E-state index in [4.69, 9.17) is 9.72 Å². The Labute approximate surface area is 172 Å². The Morgan fingerprint density at radius 2 is 2.00 bits per heavy atom. The van der Waals surface area contributed by atoms with Crippen LogP contribution in [0.2, 0.25) is 0 Å². The molecule has 148 valence electrons. The van der Waals surface area contributed by atoms with Gasteiger partial charge in [-0.05, 0) is 37.8 Å². The summed E-state index contributed by atoms with van der Waals surface area (Å²) in [6.07, 6.45) is 0. The number of anilines is 1. The highest BCUT2D eigenvalue weighted by Crippen LogP contribution is 2.36. The lowest BCUT2D eigenvalue weighted by molar-refractivity contribution is 0.0531. The predicted octanol–water partition coefficient (Wildman–Crippen LogP) is 3.87. The summed E-state index contributed by atoms with van der Waals surface area (Å²) in [7, 11) is 0. The first-order valence-corrected chi connectivity index (χ1v) is 11.2. The molecule has 0 saturated carbocycles. The number of aryl methyl sites for hydroxylation is 2. The van der Waals surface area contributed by atoms with E-state index in [1.165, 1.54) is 16.2 Å². The van der Waals surface area contributed by atoms with Crippen molar-refractivity contribution in [3.05, 3.63) is 38.7 Å². The van der Waals surface area contributed by atoms with Gasteiger partial charge in [0.15, 0.2) is 0 Å². The van der Waals surface area contributed by atoms with Crippen LogP contribution in [0.25, 0.3) is 10.2 Å². The molecule has 4 heterocycles. The SMILES string of the molecule is CCOC(=O)c1sc2nc(C)nc(N3CCN(Cc4cccs4)CC3)c2c1C. The Bertz CT molecular complexity index is 976. The Morgan fingerprint density at radius 1 is 1.21 bits per heavy atom. The van der Waals surface area contributed by atoms with Gasteiger partial charge < -0.3 is 9.64 Å². The van der Waals surface area contributed by atoms with Crippen molar-refractivity contribution in [1.29, 1.82) is 0 Å². The number of carbonyl (C=O) groups is 1. The molecule has 0 aromatic carbocycles. The van der Waals surface area contributed by atoms with Crippen molar-refractivity contribution in [2.75, 3.05) is 37.7 Å². The monoisotopic (exact) mass is 416 g/mol. The predicted molar refractivity (Wildman–Crippen MR) is 115 cm³/mol. The summed E-state index contributed by atoms with van der Waals surface area (Å²) in [5.74, 6) is 1.41. The minimum atomic E-state index is -0.271. The maximum Gasteiger partial charge on any atom is 0.348 e. The topological polar surface area (TPSA) is 58.6 Å². The van der Waals surface area contributed by atoms with Gasteiger partial charge >= 0.3 is 5.97 Å². The number of ether oxygens (including phenoxy) is 1. The fourth-order valence-corrected chi connectivity index (χ4v) is 5.44. The number of hydrogen-bond donors (Lipinski definition) is 0. The Kier molecular flexibility index (Phi) is 5.61. The molecule has 4 rings (SSSR count). The van der Waals surface area contributed by atoms with Gasteiger partial charge in [-0.3, -0.25) is 4.90 Å². The average molecular weight is 417 g/mol. The molecule has 0 N–H and O–H groups in total. The first-order valence-electron chi connectivity index (χ1n) is 9.51. The summed E-state index contributed by atoms with van der Waals surface area (Å²) in [6.45, 7) is 10.9. The van der Waals surface area contributed by atoms with Crippen LogP contribution in [0.15, 0.2) is 17.5 Å². The van der Waals surface area contributed by atoms with Crippen LogP contribution in [0.1, 0.15) is 32.9 Å². The molecule has 3 aromatic rings. The molecule has 0 bridgehead atoms. The van der Waals surface area contributed by atoms with E-state index in [2.05, 4.69) is 32.3 Å². The van der Waals surface area contributed by atoms with Gasteiger partial charge in [-0.15, -0.1) is 22.7 Å². The summed E-state index contributed by atoms with van der Waals surface area (Å²) < 4.78 is 5.22. The zero-order valence-electron chi connectivity index (χ0n) is 16.4. The zero-order chi connectivity index (χ0) is 19.7. The number of aromatic nitrogens is 2. The minimum Gasteiger partial charge on any atom is -0.462 e. The van der Waals surface area contributed by atoms with Crippen LogP contribution in [0.5, 0.6) is 0 Å². The molecule has 8 heteroatoms. The smallest absolute Gasteiger partial charge is 0.348 e. The molecule has 3 aromatic heterocycles.